The van der Waals surface area contributed by atoms with Crippen LogP contribution in [0.2, 0.25) is 0 Å². The molecule has 2 spiro atoms. The van der Waals surface area contributed by atoms with Gasteiger partial charge in [0.25, 0.3) is 10.1 Å². The summed E-state index contributed by atoms with van der Waals surface area (Å²) in [6.45, 7) is 2.49. The van der Waals surface area contributed by atoms with Crippen molar-refractivity contribution in [2.45, 2.75) is 87.2 Å². The van der Waals surface area contributed by atoms with Gasteiger partial charge >= 0.3 is 0 Å². The lowest BCUT2D eigenvalue weighted by molar-refractivity contribution is -0.390. The smallest absolute Gasteiger partial charge is 0.294 e. The number of carbonyl (C=O) groups is 1. The zero-order chi connectivity index (χ0) is 29.5. The molecule has 1 saturated heterocycles. The molecule has 0 aromatic heterocycles. The van der Waals surface area contributed by atoms with E-state index in [-0.39, 0.29) is 10.8 Å². The first-order valence-corrected chi connectivity index (χ1v) is 16.7. The molecule has 5 aliphatic carbocycles. The molecule has 42 heavy (non-hydrogen) atoms. The van der Waals surface area contributed by atoms with E-state index in [4.69, 9.17) is 24.8 Å². The number of amides is 1. The number of carbonyl (C=O) groups excluding carboxylic acids is 1. The zero-order valence-corrected chi connectivity index (χ0v) is 24.9. The van der Waals surface area contributed by atoms with E-state index >= 15 is 0 Å². The quantitative estimate of drug-likeness (QED) is 0.321. The Morgan fingerprint density at radius 1 is 0.952 bits per heavy atom. The van der Waals surface area contributed by atoms with Crippen LogP contribution in [0.15, 0.2) is 59.5 Å². The van der Waals surface area contributed by atoms with E-state index in [2.05, 4.69) is 5.32 Å². The summed E-state index contributed by atoms with van der Waals surface area (Å²) >= 11 is 0. The molecule has 1 amide bonds. The highest BCUT2D eigenvalue weighted by Crippen LogP contribution is 2.63. The van der Waals surface area contributed by atoms with Crippen LogP contribution in [-0.2, 0) is 29.4 Å². The highest BCUT2D eigenvalue weighted by Gasteiger charge is 2.66. The van der Waals surface area contributed by atoms with Gasteiger partial charge < -0.3 is 15.8 Å². The first-order chi connectivity index (χ1) is 20.1. The predicted octanol–water partition coefficient (Wildman–Crippen LogP) is 5.06. The summed E-state index contributed by atoms with van der Waals surface area (Å²) < 4.78 is 36.3. The summed E-state index contributed by atoms with van der Waals surface area (Å²) in [5.74, 6) is 1.97. The van der Waals surface area contributed by atoms with Gasteiger partial charge in [0.2, 0.25) is 17.5 Å². The second-order valence-electron chi connectivity index (χ2n) is 13.1. The van der Waals surface area contributed by atoms with Crippen LogP contribution in [0.4, 0.5) is 0 Å². The molecule has 8 rings (SSSR count). The average Bonchev–Trinajstić information content (AvgIpc) is 3.35. The number of nitrogens with two attached hydrogens (primary N) is 1. The predicted molar refractivity (Wildman–Crippen MR) is 155 cm³/mol. The van der Waals surface area contributed by atoms with Crippen molar-refractivity contribution in [2.24, 2.45) is 35.3 Å². The maximum absolute atomic E-state index is 12.5. The monoisotopic (exact) mass is 598 g/mol. The van der Waals surface area contributed by atoms with E-state index < -0.39 is 27.7 Å². The van der Waals surface area contributed by atoms with E-state index in [9.17, 15) is 13.2 Å². The molecule has 4 N–H and O–H groups in total. The van der Waals surface area contributed by atoms with E-state index in [1.807, 2.05) is 37.3 Å². The fourth-order valence-corrected chi connectivity index (χ4v) is 8.47. The van der Waals surface area contributed by atoms with Crippen LogP contribution in [0.5, 0.6) is 0 Å². The van der Waals surface area contributed by atoms with Gasteiger partial charge in [0.05, 0.1) is 4.90 Å². The van der Waals surface area contributed by atoms with Crippen LogP contribution in [0.3, 0.4) is 0 Å². The third-order valence-electron chi connectivity index (χ3n) is 10.1. The van der Waals surface area contributed by atoms with Crippen molar-refractivity contribution in [2.75, 3.05) is 6.54 Å². The lowest BCUT2D eigenvalue weighted by Gasteiger charge is -2.57. The standard InChI is InChI=1S/C25H34N2O4.C7H8O3S/c26-22(19-4-2-1-3-5-19)23(28)27-15-16-6-8-24(9-7-16)29-25(31-30-24)20-11-17-10-18(13-20)14-21(25)12-17;1-6-2-4-7(5-3-6)11(8,9)10/h1-5,16-18,20-22H,6-15,26H2,(H,27,28);2-5H,1H3,(H,8,9,10)/t16?,17?,18?,20?,21?,22-,24?,25?;/m0./s1. The first-order valence-electron chi connectivity index (χ1n) is 15.2. The van der Waals surface area contributed by atoms with E-state index in [1.165, 1.54) is 44.2 Å². The SMILES string of the molecule is Cc1ccc(S(=O)(=O)O)cc1.N[C@H](C(=O)NCC1CCC2(CC1)OOC1(O2)C2CC3CC(C2)CC1C3)c1ccccc1. The second-order valence-corrected chi connectivity index (χ2v) is 14.5. The number of rotatable bonds is 5. The van der Waals surface area contributed by atoms with Gasteiger partial charge in [-0.3, -0.25) is 9.35 Å². The summed E-state index contributed by atoms with van der Waals surface area (Å²) in [7, 11) is -4.02. The summed E-state index contributed by atoms with van der Waals surface area (Å²) in [6, 6.07) is 14.9. The molecule has 4 bridgehead atoms. The van der Waals surface area contributed by atoms with Crippen molar-refractivity contribution in [1.29, 1.82) is 0 Å². The molecule has 10 heteroatoms. The molecule has 2 aromatic carbocycles. The molecule has 6 aliphatic rings. The van der Waals surface area contributed by atoms with Crippen LogP contribution in [0.25, 0.3) is 0 Å². The minimum atomic E-state index is -4.02. The Kier molecular flexibility index (Phi) is 8.23. The molecule has 0 radical (unpaired) electrons. The Morgan fingerprint density at radius 3 is 2.12 bits per heavy atom. The normalized spacial score (nSPS) is 35.5. The van der Waals surface area contributed by atoms with E-state index in [0.717, 1.165) is 48.6 Å². The van der Waals surface area contributed by atoms with Gasteiger partial charge in [-0.25, -0.2) is 0 Å². The van der Waals surface area contributed by atoms with E-state index in [0.29, 0.717) is 24.3 Å². The topological polar surface area (TPSA) is 137 Å². The van der Waals surface area contributed by atoms with Crippen molar-refractivity contribution >= 4 is 16.0 Å². The number of hydrogen-bond donors (Lipinski definition) is 3. The summed E-state index contributed by atoms with van der Waals surface area (Å²) in [4.78, 5) is 24.5. The minimum Gasteiger partial charge on any atom is -0.354 e. The Balaban J connectivity index is 0.000000244. The Labute approximate surface area is 248 Å². The summed E-state index contributed by atoms with van der Waals surface area (Å²) in [5.41, 5.74) is 7.91. The third kappa shape index (κ3) is 6.02. The largest absolute Gasteiger partial charge is 0.354 e. The van der Waals surface area contributed by atoms with Crippen molar-refractivity contribution < 1.29 is 32.3 Å². The van der Waals surface area contributed by atoms with Gasteiger partial charge in [-0.2, -0.15) is 18.2 Å². The molecule has 2 aromatic rings. The molecule has 1 aliphatic heterocycles. The number of nitrogens with one attached hydrogen (secondary N) is 1. The van der Waals surface area contributed by atoms with Gasteiger partial charge in [-0.05, 0) is 87.3 Å². The van der Waals surface area contributed by atoms with Crippen LogP contribution >= 0.6 is 0 Å². The second kappa shape index (κ2) is 11.6. The fourth-order valence-electron chi connectivity index (χ4n) is 7.99. The molecule has 0 unspecified atom stereocenters. The third-order valence-corrected chi connectivity index (χ3v) is 11.0. The molecule has 5 saturated carbocycles. The van der Waals surface area contributed by atoms with Crippen molar-refractivity contribution in [3.05, 3.63) is 65.7 Å². The lowest BCUT2D eigenvalue weighted by Crippen LogP contribution is -2.59. The van der Waals surface area contributed by atoms with E-state index in [1.54, 1.807) is 12.1 Å². The fraction of sp³-hybridized carbons (Fsp3) is 0.594. The minimum absolute atomic E-state index is 0.0666. The maximum Gasteiger partial charge on any atom is 0.294 e. The molecule has 1 heterocycles. The molecule has 228 valence electrons. The number of aryl methyl sites for hydroxylation is 1. The van der Waals surface area contributed by atoms with Gasteiger partial charge in [-0.1, -0.05) is 48.0 Å². The molecule has 6 fully saturated rings. The lowest BCUT2D eigenvalue weighted by atomic mass is 9.53. The Morgan fingerprint density at radius 2 is 1.55 bits per heavy atom. The van der Waals surface area contributed by atoms with Crippen LogP contribution in [0.1, 0.15) is 75.0 Å². The van der Waals surface area contributed by atoms with Gasteiger partial charge in [-0.15, -0.1) is 0 Å². The van der Waals surface area contributed by atoms with Gasteiger partial charge in [0, 0.05) is 31.2 Å². The summed E-state index contributed by atoms with van der Waals surface area (Å²) in [6.07, 6.45) is 9.94. The van der Waals surface area contributed by atoms with Crippen molar-refractivity contribution in [1.82, 2.24) is 5.32 Å². The van der Waals surface area contributed by atoms with Crippen LogP contribution < -0.4 is 11.1 Å². The molecule has 9 nitrogen and oxygen atoms in total. The average molecular weight is 599 g/mol. The van der Waals surface area contributed by atoms with Crippen LogP contribution in [-0.4, -0.2) is 37.0 Å². The highest BCUT2D eigenvalue weighted by atomic mass is 32.2. The van der Waals surface area contributed by atoms with Gasteiger partial charge in [0.1, 0.15) is 6.04 Å². The summed E-state index contributed by atoms with van der Waals surface area (Å²) in [5, 5.41) is 3.05. The van der Waals surface area contributed by atoms with Crippen molar-refractivity contribution in [3.8, 4) is 0 Å². The highest BCUT2D eigenvalue weighted by molar-refractivity contribution is 7.85. The van der Waals surface area contributed by atoms with Crippen molar-refractivity contribution in [3.63, 3.8) is 0 Å². The number of benzene rings is 2. The number of hydrogen-bond acceptors (Lipinski definition) is 7. The molecular formula is C32H42N2O7S. The first kappa shape index (κ1) is 29.7. The zero-order valence-electron chi connectivity index (χ0n) is 24.1. The Bertz CT molecular complexity index is 1330. The maximum atomic E-state index is 12.5. The molecule has 1 atom stereocenters. The van der Waals surface area contributed by atoms with Crippen LogP contribution in [0, 0.1) is 36.5 Å². The van der Waals surface area contributed by atoms with Gasteiger partial charge in [0.15, 0.2) is 0 Å². The Hall–Kier alpha value is -2.34. The number of ether oxygens (including phenoxy) is 1. The molecular weight excluding hydrogens is 556 g/mol.